The molecule has 0 radical (unpaired) electrons. The number of nitrogens with zero attached hydrogens (tertiary/aromatic N) is 3. The quantitative estimate of drug-likeness (QED) is 0.840. The average molecular weight is 223 g/mol. The summed E-state index contributed by atoms with van der Waals surface area (Å²) in [6.07, 6.45) is 4.06. The van der Waals surface area contributed by atoms with Gasteiger partial charge in [0.2, 0.25) is 0 Å². The van der Waals surface area contributed by atoms with Gasteiger partial charge in [-0.15, -0.1) is 0 Å². The molecule has 1 fully saturated rings. The van der Waals surface area contributed by atoms with Crippen LogP contribution in [-0.4, -0.2) is 28.5 Å². The highest BCUT2D eigenvalue weighted by atomic mass is 16.3. The zero-order valence-electron chi connectivity index (χ0n) is 10.4. The van der Waals surface area contributed by atoms with Crippen molar-refractivity contribution in [3.63, 3.8) is 0 Å². The lowest BCUT2D eigenvalue weighted by Gasteiger charge is -2.31. The molecule has 1 aliphatic rings. The lowest BCUT2D eigenvalue weighted by atomic mass is 9.85. The predicted molar refractivity (Wildman–Crippen MR) is 64.5 cm³/mol. The molecular weight excluding hydrogens is 202 g/mol. The van der Waals surface area contributed by atoms with E-state index in [1.165, 1.54) is 19.3 Å². The van der Waals surface area contributed by atoms with E-state index in [1.807, 2.05) is 18.7 Å². The Balaban J connectivity index is 2.16. The molecule has 90 valence electrons. The monoisotopic (exact) mass is 223 g/mol. The Labute approximate surface area is 96.9 Å². The Morgan fingerprint density at radius 3 is 2.69 bits per heavy atom. The zero-order chi connectivity index (χ0) is 11.7. The minimum atomic E-state index is 0.0734. The van der Waals surface area contributed by atoms with Crippen molar-refractivity contribution in [1.29, 1.82) is 0 Å². The maximum Gasteiger partial charge on any atom is 0.132 e. The van der Waals surface area contributed by atoms with Gasteiger partial charge in [0.25, 0.3) is 0 Å². The third-order valence-corrected chi connectivity index (χ3v) is 3.59. The molecule has 0 unspecified atom stereocenters. The summed E-state index contributed by atoms with van der Waals surface area (Å²) in [6, 6.07) is 0. The van der Waals surface area contributed by atoms with Crippen molar-refractivity contribution in [2.24, 2.45) is 13.0 Å². The zero-order valence-corrected chi connectivity index (χ0v) is 10.4. The molecule has 4 heteroatoms. The molecule has 0 amide bonds. The molecule has 4 nitrogen and oxygen atoms in total. The number of aliphatic hydroxyl groups is 1. The number of hydrogen-bond donors (Lipinski definition) is 1. The van der Waals surface area contributed by atoms with Crippen molar-refractivity contribution < 1.29 is 5.11 Å². The number of rotatable bonds is 4. The van der Waals surface area contributed by atoms with E-state index in [0.29, 0.717) is 0 Å². The third-order valence-electron chi connectivity index (χ3n) is 3.59. The van der Waals surface area contributed by atoms with Gasteiger partial charge >= 0.3 is 0 Å². The van der Waals surface area contributed by atoms with Gasteiger partial charge in [-0.05, 0) is 25.7 Å². The first-order valence-corrected chi connectivity index (χ1v) is 5.98. The molecule has 1 heterocycles. The van der Waals surface area contributed by atoms with Crippen molar-refractivity contribution in [2.45, 2.75) is 32.8 Å². The van der Waals surface area contributed by atoms with Crippen LogP contribution in [-0.2, 0) is 13.7 Å². The van der Waals surface area contributed by atoms with Gasteiger partial charge in [0.05, 0.1) is 12.3 Å². The first kappa shape index (κ1) is 11.5. The Bertz CT molecular complexity index is 369. The number of aliphatic hydroxyl groups excluding tert-OH is 1. The second-order valence-corrected chi connectivity index (χ2v) is 4.85. The van der Waals surface area contributed by atoms with Gasteiger partial charge in [-0.2, -0.15) is 5.10 Å². The fraction of sp³-hybridized carbons (Fsp3) is 0.750. The summed E-state index contributed by atoms with van der Waals surface area (Å²) in [4.78, 5) is 2.23. The van der Waals surface area contributed by atoms with E-state index in [2.05, 4.69) is 17.0 Å². The summed E-state index contributed by atoms with van der Waals surface area (Å²) in [7, 11) is 4.03. The standard InChI is InChI=1S/C12H21N3O/c1-9-11(8-16)12(15(3)13-9)14(2)7-10-5-4-6-10/h10,16H,4-8H2,1-3H3. The van der Waals surface area contributed by atoms with E-state index >= 15 is 0 Å². The molecular formula is C12H21N3O. The molecule has 1 saturated carbocycles. The Hall–Kier alpha value is -1.03. The molecule has 16 heavy (non-hydrogen) atoms. The molecule has 1 aliphatic carbocycles. The van der Waals surface area contributed by atoms with E-state index in [0.717, 1.165) is 29.5 Å². The van der Waals surface area contributed by atoms with Crippen LogP contribution >= 0.6 is 0 Å². The molecule has 0 aliphatic heterocycles. The maximum atomic E-state index is 9.39. The Morgan fingerprint density at radius 1 is 1.50 bits per heavy atom. The van der Waals surface area contributed by atoms with E-state index < -0.39 is 0 Å². The molecule has 0 bridgehead atoms. The van der Waals surface area contributed by atoms with E-state index in [-0.39, 0.29) is 6.61 Å². The van der Waals surface area contributed by atoms with Crippen LogP contribution < -0.4 is 4.90 Å². The van der Waals surface area contributed by atoms with Crippen LogP contribution in [0.15, 0.2) is 0 Å². The highest BCUT2D eigenvalue weighted by Gasteiger charge is 2.22. The molecule has 1 aromatic rings. The molecule has 2 rings (SSSR count). The Kier molecular flexibility index (Phi) is 3.19. The number of aromatic nitrogens is 2. The first-order valence-electron chi connectivity index (χ1n) is 5.98. The third kappa shape index (κ3) is 1.94. The fourth-order valence-electron chi connectivity index (χ4n) is 2.50. The number of aryl methyl sites for hydroxylation is 2. The van der Waals surface area contributed by atoms with Crippen LogP contribution in [0.3, 0.4) is 0 Å². The van der Waals surface area contributed by atoms with Crippen LogP contribution in [0, 0.1) is 12.8 Å². The summed E-state index contributed by atoms with van der Waals surface area (Å²) in [5, 5.41) is 13.8. The summed E-state index contributed by atoms with van der Waals surface area (Å²) in [6.45, 7) is 3.10. The van der Waals surface area contributed by atoms with Gasteiger partial charge in [-0.3, -0.25) is 4.68 Å². The van der Waals surface area contributed by atoms with Crippen LogP contribution in [0.5, 0.6) is 0 Å². The predicted octanol–water partition coefficient (Wildman–Crippen LogP) is 1.46. The fourth-order valence-corrected chi connectivity index (χ4v) is 2.50. The largest absolute Gasteiger partial charge is 0.391 e. The van der Waals surface area contributed by atoms with Gasteiger partial charge in [-0.25, -0.2) is 0 Å². The van der Waals surface area contributed by atoms with Crippen LogP contribution in [0.4, 0.5) is 5.82 Å². The smallest absolute Gasteiger partial charge is 0.132 e. The minimum Gasteiger partial charge on any atom is -0.391 e. The van der Waals surface area contributed by atoms with Crippen molar-refractivity contribution in [3.8, 4) is 0 Å². The second kappa shape index (κ2) is 4.45. The van der Waals surface area contributed by atoms with Gasteiger partial charge in [0.1, 0.15) is 5.82 Å². The molecule has 0 spiro atoms. The Morgan fingerprint density at radius 2 is 2.19 bits per heavy atom. The van der Waals surface area contributed by atoms with Gasteiger partial charge in [0, 0.05) is 26.2 Å². The summed E-state index contributed by atoms with van der Waals surface area (Å²) >= 11 is 0. The minimum absolute atomic E-state index is 0.0734. The lowest BCUT2D eigenvalue weighted by molar-refractivity contribution is 0.280. The van der Waals surface area contributed by atoms with Gasteiger partial charge in [0.15, 0.2) is 0 Å². The summed E-state index contributed by atoms with van der Waals surface area (Å²) in [5.74, 6) is 1.89. The molecule has 1 aromatic heterocycles. The summed E-state index contributed by atoms with van der Waals surface area (Å²) < 4.78 is 1.87. The normalized spacial score (nSPS) is 16.2. The van der Waals surface area contributed by atoms with Crippen LogP contribution in [0.25, 0.3) is 0 Å². The number of hydrogen-bond acceptors (Lipinski definition) is 3. The van der Waals surface area contributed by atoms with Crippen LogP contribution in [0.2, 0.25) is 0 Å². The molecule has 1 N–H and O–H groups in total. The molecule has 0 saturated heterocycles. The van der Waals surface area contributed by atoms with E-state index in [9.17, 15) is 5.11 Å². The second-order valence-electron chi connectivity index (χ2n) is 4.85. The maximum absolute atomic E-state index is 9.39. The molecule has 0 atom stereocenters. The molecule has 0 aromatic carbocycles. The summed E-state index contributed by atoms with van der Waals surface area (Å²) in [5.41, 5.74) is 1.89. The van der Waals surface area contributed by atoms with Gasteiger partial charge < -0.3 is 10.0 Å². The highest BCUT2D eigenvalue weighted by molar-refractivity contribution is 5.49. The van der Waals surface area contributed by atoms with Crippen molar-refractivity contribution >= 4 is 5.82 Å². The first-order chi connectivity index (χ1) is 7.63. The highest BCUT2D eigenvalue weighted by Crippen LogP contribution is 2.30. The van der Waals surface area contributed by atoms with Gasteiger partial charge in [-0.1, -0.05) is 6.42 Å². The van der Waals surface area contributed by atoms with Crippen molar-refractivity contribution in [3.05, 3.63) is 11.3 Å². The SMILES string of the molecule is Cc1nn(C)c(N(C)CC2CCC2)c1CO. The van der Waals surface area contributed by atoms with Crippen molar-refractivity contribution in [2.75, 3.05) is 18.5 Å². The number of anilines is 1. The topological polar surface area (TPSA) is 41.3 Å². The van der Waals surface area contributed by atoms with Crippen LogP contribution in [0.1, 0.15) is 30.5 Å². The average Bonchev–Trinajstić information content (AvgIpc) is 2.46. The van der Waals surface area contributed by atoms with Crippen molar-refractivity contribution in [1.82, 2.24) is 9.78 Å². The van der Waals surface area contributed by atoms with E-state index in [4.69, 9.17) is 0 Å². The van der Waals surface area contributed by atoms with E-state index in [1.54, 1.807) is 0 Å². The lowest BCUT2D eigenvalue weighted by Crippen LogP contribution is -2.31.